The molecule has 24 heavy (non-hydrogen) atoms. The Morgan fingerprint density at radius 1 is 1.25 bits per heavy atom. The van der Waals surface area contributed by atoms with Gasteiger partial charge in [-0.15, -0.1) is 22.7 Å². The molecule has 1 aromatic carbocycles. The summed E-state index contributed by atoms with van der Waals surface area (Å²) in [7, 11) is 0. The van der Waals surface area contributed by atoms with Crippen LogP contribution in [0.2, 0.25) is 10.0 Å². The number of halogens is 3. The number of thiophene rings is 2. The van der Waals surface area contributed by atoms with Gasteiger partial charge in [-0.3, -0.25) is 4.79 Å². The highest BCUT2D eigenvalue weighted by atomic mass is 79.9. The molecule has 2 heterocycles. The largest absolute Gasteiger partial charge is 0.283 e. The van der Waals surface area contributed by atoms with Crippen molar-refractivity contribution in [3.05, 3.63) is 53.9 Å². The lowest BCUT2D eigenvalue weighted by Gasteiger charge is -2.02. The Balaban J connectivity index is 1.88. The summed E-state index contributed by atoms with van der Waals surface area (Å²) in [5.74, 6) is -0.334. The molecular formula is C16H11BrCl2N2OS2. The molecule has 1 N–H and O–H groups in total. The third kappa shape index (κ3) is 3.53. The minimum Gasteiger partial charge on any atom is -0.266 e. The minimum atomic E-state index is -0.334. The van der Waals surface area contributed by atoms with Gasteiger partial charge in [0.15, 0.2) is 0 Å². The van der Waals surface area contributed by atoms with Crippen LogP contribution in [-0.2, 0) is 0 Å². The van der Waals surface area contributed by atoms with Crippen molar-refractivity contribution in [1.82, 2.24) is 5.43 Å². The van der Waals surface area contributed by atoms with E-state index >= 15 is 0 Å². The van der Waals surface area contributed by atoms with Crippen LogP contribution in [0.4, 0.5) is 0 Å². The van der Waals surface area contributed by atoms with E-state index in [1.807, 2.05) is 31.2 Å². The second-order valence-corrected chi connectivity index (χ2v) is 9.12. The summed E-state index contributed by atoms with van der Waals surface area (Å²) >= 11 is 18.8. The van der Waals surface area contributed by atoms with Crippen molar-refractivity contribution in [2.75, 3.05) is 0 Å². The summed E-state index contributed by atoms with van der Waals surface area (Å²) in [4.78, 5) is 13.9. The number of nitrogens with zero attached hydrogens (tertiary/aromatic N) is 1. The first-order valence-electron chi connectivity index (χ1n) is 7.00. The number of hydrazone groups is 1. The molecule has 2 aromatic heterocycles. The Morgan fingerprint density at radius 3 is 2.67 bits per heavy atom. The molecule has 0 radical (unpaired) electrons. The quantitative estimate of drug-likeness (QED) is 0.346. The zero-order valence-corrected chi connectivity index (χ0v) is 17.1. The SMILES string of the molecule is CC/C(=N\NC(=O)c1sc2cccc(Cl)c2c1Cl)c1ccc(Br)s1. The van der Waals surface area contributed by atoms with Crippen LogP contribution < -0.4 is 5.43 Å². The number of carbonyl (C=O) groups excluding carboxylic acids is 1. The Kier molecular flexibility index (Phi) is 5.62. The van der Waals surface area contributed by atoms with E-state index in [1.165, 1.54) is 11.3 Å². The topological polar surface area (TPSA) is 41.5 Å². The molecule has 0 spiro atoms. The van der Waals surface area contributed by atoms with Crippen LogP contribution in [0.1, 0.15) is 27.9 Å². The highest BCUT2D eigenvalue weighted by molar-refractivity contribution is 9.11. The van der Waals surface area contributed by atoms with Crippen molar-refractivity contribution >= 4 is 83.5 Å². The summed E-state index contributed by atoms with van der Waals surface area (Å²) in [5, 5.41) is 5.87. The van der Waals surface area contributed by atoms with Gasteiger partial charge in [0.2, 0.25) is 0 Å². The number of fused-ring (bicyclic) bond motifs is 1. The van der Waals surface area contributed by atoms with Gasteiger partial charge in [-0.1, -0.05) is 36.2 Å². The maximum Gasteiger partial charge on any atom is 0.283 e. The van der Waals surface area contributed by atoms with Gasteiger partial charge >= 0.3 is 0 Å². The normalized spacial score (nSPS) is 11.9. The van der Waals surface area contributed by atoms with Crippen molar-refractivity contribution in [2.45, 2.75) is 13.3 Å². The number of benzene rings is 1. The second-order valence-electron chi connectivity index (χ2n) is 4.81. The van der Waals surface area contributed by atoms with E-state index in [2.05, 4.69) is 26.5 Å². The van der Waals surface area contributed by atoms with Crippen LogP contribution >= 0.6 is 61.8 Å². The minimum absolute atomic E-state index is 0.334. The maximum atomic E-state index is 12.5. The predicted octanol–water partition coefficient (Wildman–Crippen LogP) is 6.58. The zero-order valence-electron chi connectivity index (χ0n) is 12.4. The van der Waals surface area contributed by atoms with E-state index in [4.69, 9.17) is 23.2 Å². The van der Waals surface area contributed by atoms with Crippen molar-refractivity contribution in [3.8, 4) is 0 Å². The highest BCUT2D eigenvalue weighted by Gasteiger charge is 2.19. The number of nitrogens with one attached hydrogen (secondary N) is 1. The van der Waals surface area contributed by atoms with Crippen LogP contribution in [0.5, 0.6) is 0 Å². The molecule has 1 amide bonds. The summed E-state index contributed by atoms with van der Waals surface area (Å²) in [6.45, 7) is 1.99. The molecule has 3 nitrogen and oxygen atoms in total. The fourth-order valence-corrected chi connectivity index (χ4v) is 5.45. The van der Waals surface area contributed by atoms with Crippen LogP contribution in [0.25, 0.3) is 10.1 Å². The molecule has 0 bridgehead atoms. The molecule has 124 valence electrons. The van der Waals surface area contributed by atoms with Gasteiger partial charge in [0.05, 0.1) is 24.4 Å². The van der Waals surface area contributed by atoms with Crippen LogP contribution in [0.3, 0.4) is 0 Å². The van der Waals surface area contributed by atoms with Crippen LogP contribution in [-0.4, -0.2) is 11.6 Å². The van der Waals surface area contributed by atoms with Gasteiger partial charge in [-0.2, -0.15) is 5.10 Å². The van der Waals surface area contributed by atoms with E-state index in [0.29, 0.717) is 26.7 Å². The average Bonchev–Trinajstić information content (AvgIpc) is 3.13. The summed E-state index contributed by atoms with van der Waals surface area (Å²) < 4.78 is 1.90. The van der Waals surface area contributed by atoms with Crippen LogP contribution in [0.15, 0.2) is 39.2 Å². The summed E-state index contributed by atoms with van der Waals surface area (Å²) in [6.07, 6.45) is 0.708. The maximum absolute atomic E-state index is 12.5. The first-order valence-corrected chi connectivity index (χ1v) is 10.2. The predicted molar refractivity (Wildman–Crippen MR) is 108 cm³/mol. The third-order valence-corrected chi connectivity index (χ3v) is 6.93. The monoisotopic (exact) mass is 460 g/mol. The summed E-state index contributed by atoms with van der Waals surface area (Å²) in [5.41, 5.74) is 3.42. The first-order chi connectivity index (χ1) is 11.5. The molecule has 0 aliphatic heterocycles. The highest BCUT2D eigenvalue weighted by Crippen LogP contribution is 2.39. The number of amides is 1. The standard InChI is InChI=1S/C16H11BrCl2N2OS2/c1-2-9(10-6-7-12(17)23-10)20-21-16(22)15-14(19)13-8(18)4-3-5-11(13)24-15/h3-7H,2H2,1H3,(H,21,22)/b20-9+. The lowest BCUT2D eigenvalue weighted by molar-refractivity contribution is 0.0959. The molecule has 0 fully saturated rings. The number of carbonyl (C=O) groups is 1. The molecule has 0 atom stereocenters. The lowest BCUT2D eigenvalue weighted by Crippen LogP contribution is -2.19. The van der Waals surface area contributed by atoms with Gasteiger partial charge in [0, 0.05) is 10.1 Å². The summed E-state index contributed by atoms with van der Waals surface area (Å²) in [6, 6.07) is 9.40. The van der Waals surface area contributed by atoms with Gasteiger partial charge in [-0.05, 0) is 46.6 Å². The van der Waals surface area contributed by atoms with E-state index < -0.39 is 0 Å². The molecule has 3 rings (SSSR count). The molecule has 0 aliphatic rings. The Bertz CT molecular complexity index is 949. The molecule has 8 heteroatoms. The Labute approximate surface area is 165 Å². The fraction of sp³-hybridized carbons (Fsp3) is 0.125. The van der Waals surface area contributed by atoms with E-state index in [0.717, 1.165) is 19.1 Å². The Hall–Kier alpha value is -0.920. The van der Waals surface area contributed by atoms with Crippen molar-refractivity contribution in [1.29, 1.82) is 0 Å². The fourth-order valence-electron chi connectivity index (χ4n) is 2.16. The molecule has 0 saturated heterocycles. The lowest BCUT2D eigenvalue weighted by atomic mass is 10.2. The third-order valence-electron chi connectivity index (χ3n) is 3.30. The van der Waals surface area contributed by atoms with Gasteiger partial charge in [0.1, 0.15) is 4.88 Å². The number of hydrogen-bond acceptors (Lipinski definition) is 4. The van der Waals surface area contributed by atoms with Crippen molar-refractivity contribution in [3.63, 3.8) is 0 Å². The Morgan fingerprint density at radius 2 is 2.04 bits per heavy atom. The number of rotatable bonds is 4. The van der Waals surface area contributed by atoms with Crippen molar-refractivity contribution in [2.24, 2.45) is 5.10 Å². The molecule has 3 aromatic rings. The van der Waals surface area contributed by atoms with Gasteiger partial charge in [0.25, 0.3) is 5.91 Å². The van der Waals surface area contributed by atoms with E-state index in [1.54, 1.807) is 17.4 Å². The molecule has 0 unspecified atom stereocenters. The number of hydrogen-bond donors (Lipinski definition) is 1. The first kappa shape index (κ1) is 17.9. The second kappa shape index (κ2) is 7.54. The van der Waals surface area contributed by atoms with Gasteiger partial charge < -0.3 is 0 Å². The van der Waals surface area contributed by atoms with Crippen LogP contribution in [0, 0.1) is 0 Å². The molecule has 0 saturated carbocycles. The molecular weight excluding hydrogens is 451 g/mol. The average molecular weight is 462 g/mol. The molecule has 0 aliphatic carbocycles. The zero-order chi connectivity index (χ0) is 17.3. The van der Waals surface area contributed by atoms with Gasteiger partial charge in [-0.25, -0.2) is 5.43 Å². The smallest absolute Gasteiger partial charge is 0.266 e. The van der Waals surface area contributed by atoms with Crippen molar-refractivity contribution < 1.29 is 4.79 Å². The van der Waals surface area contributed by atoms with E-state index in [9.17, 15) is 4.79 Å². The van der Waals surface area contributed by atoms with E-state index in [-0.39, 0.29) is 5.91 Å².